The molecule has 604 valence electrons. The number of ether oxygens (including phenoxy) is 8. The van der Waals surface area contributed by atoms with E-state index in [4.69, 9.17) is 37.9 Å². The first-order valence-electron chi connectivity index (χ1n) is 42.5. The largest absolute Gasteiger partial charge is 0.343 e. The SMILES string of the molecule is CCC1OC2(CCCC3=Cc4c(cnn4-c4ccc(F)cc4)CC32C)OC1CC.CC[C@@H]1OC2(CCCC3=Cc4c(cnn4-c4ccc(F)cc4)CC32C)O[C@@H]1CC.CC[C@H]1OC2(CCCC3=Cc4c(cnn4-c4ccc(F)cc4)C[C@@]32C)O[C@@H]1CC.C[C@@H]1OC2(CCCC3=Cc4c(cnn4-c4ccc(F)cc4)C[C@@]32C)O[C@H]1C. The van der Waals surface area contributed by atoms with Gasteiger partial charge in [0.2, 0.25) is 0 Å². The second kappa shape index (κ2) is 30.2. The molecular formula is C94H112F4N8O8. The van der Waals surface area contributed by atoms with Crippen LogP contribution in [0, 0.1) is 44.9 Å². The Balaban J connectivity index is 0.000000110. The van der Waals surface area contributed by atoms with E-state index >= 15 is 0 Å². The van der Waals surface area contributed by atoms with Crippen LogP contribution in [0.2, 0.25) is 0 Å². The average Bonchev–Trinajstić information content (AvgIpc) is 1.51. The number of nitrogens with zero attached hydrogens (tertiary/aromatic N) is 8. The molecule has 4 aromatic heterocycles. The fourth-order valence-corrected chi connectivity index (χ4v) is 21.6. The van der Waals surface area contributed by atoms with Gasteiger partial charge in [0.1, 0.15) is 23.3 Å². The monoisotopic (exact) mass is 1560 g/mol. The van der Waals surface area contributed by atoms with E-state index in [1.54, 1.807) is 48.5 Å². The molecule has 0 amide bonds. The lowest BCUT2D eigenvalue weighted by molar-refractivity contribution is -0.248. The van der Waals surface area contributed by atoms with Crippen molar-refractivity contribution in [3.05, 3.63) is 212 Å². The molecule has 4 saturated carbocycles. The van der Waals surface area contributed by atoms with Crippen LogP contribution in [-0.4, -0.2) is 111 Å². The van der Waals surface area contributed by atoms with Gasteiger partial charge in [-0.25, -0.2) is 36.3 Å². The van der Waals surface area contributed by atoms with Crippen LogP contribution in [0.15, 0.2) is 144 Å². The molecule has 114 heavy (non-hydrogen) atoms. The molecule has 0 bridgehead atoms. The quantitative estimate of drug-likeness (QED) is 0.120. The number of halogens is 4. The second-order valence-corrected chi connectivity index (χ2v) is 34.9. The minimum Gasteiger partial charge on any atom is -0.343 e. The van der Waals surface area contributed by atoms with Gasteiger partial charge >= 0.3 is 0 Å². The van der Waals surface area contributed by atoms with Crippen LogP contribution >= 0.6 is 0 Å². The van der Waals surface area contributed by atoms with Gasteiger partial charge in [-0.1, -0.05) is 91.5 Å². The van der Waals surface area contributed by atoms with Gasteiger partial charge in [0.05, 0.1) is 119 Å². The van der Waals surface area contributed by atoms with Crippen molar-refractivity contribution >= 4 is 24.3 Å². The highest BCUT2D eigenvalue weighted by molar-refractivity contribution is 5.66. The van der Waals surface area contributed by atoms with Crippen LogP contribution in [0.25, 0.3) is 47.1 Å². The highest BCUT2D eigenvalue weighted by Crippen LogP contribution is 2.63. The molecule has 0 N–H and O–H groups in total. The molecule has 20 rings (SSSR count). The first-order chi connectivity index (χ1) is 54.9. The van der Waals surface area contributed by atoms with E-state index < -0.39 is 23.1 Å². The Morgan fingerprint density at radius 3 is 0.693 bits per heavy atom. The van der Waals surface area contributed by atoms with Crippen molar-refractivity contribution in [3.8, 4) is 22.7 Å². The number of hydrogen-bond acceptors (Lipinski definition) is 12. The summed E-state index contributed by atoms with van der Waals surface area (Å²) in [7, 11) is 0. The summed E-state index contributed by atoms with van der Waals surface area (Å²) in [6, 6.07) is 26.0. The second-order valence-electron chi connectivity index (χ2n) is 34.9. The number of benzene rings is 4. The fraction of sp³-hybridized carbons (Fsp3) is 0.532. The molecule has 20 heteroatoms. The molecule has 16 nitrogen and oxygen atoms in total. The third-order valence-electron chi connectivity index (χ3n) is 28.4. The molecule has 8 aliphatic carbocycles. The van der Waals surface area contributed by atoms with Crippen molar-refractivity contribution in [2.24, 2.45) is 21.7 Å². The Kier molecular flexibility index (Phi) is 20.8. The Morgan fingerprint density at radius 2 is 0.500 bits per heavy atom. The highest BCUT2D eigenvalue weighted by Gasteiger charge is 2.65. The lowest BCUT2D eigenvalue weighted by Crippen LogP contribution is -2.53. The van der Waals surface area contributed by atoms with E-state index in [0.717, 1.165) is 187 Å². The van der Waals surface area contributed by atoms with Gasteiger partial charge in [0.15, 0.2) is 23.1 Å². The maximum atomic E-state index is 13.4. The average molecular weight is 1560 g/mol. The van der Waals surface area contributed by atoms with E-state index in [-0.39, 0.29) is 93.8 Å². The van der Waals surface area contributed by atoms with Crippen LogP contribution in [0.5, 0.6) is 0 Å². The summed E-state index contributed by atoms with van der Waals surface area (Å²) in [5.41, 5.74) is 17.4. The van der Waals surface area contributed by atoms with Crippen LogP contribution < -0.4 is 0 Å². The summed E-state index contributed by atoms with van der Waals surface area (Å²) in [4.78, 5) is 0. The zero-order valence-electron chi connectivity index (χ0n) is 68.4. The van der Waals surface area contributed by atoms with Crippen LogP contribution in [0.3, 0.4) is 0 Å². The summed E-state index contributed by atoms with van der Waals surface area (Å²) in [5, 5.41) is 18.5. The van der Waals surface area contributed by atoms with Gasteiger partial charge < -0.3 is 37.9 Å². The first kappa shape index (κ1) is 78.6. The Labute approximate surface area is 668 Å². The van der Waals surface area contributed by atoms with Crippen molar-refractivity contribution in [3.63, 3.8) is 0 Å². The molecule has 4 spiro atoms. The third kappa shape index (κ3) is 13.0. The summed E-state index contributed by atoms with van der Waals surface area (Å²) in [6.07, 6.45) is 39.5. The molecule has 5 unspecified atom stereocenters. The predicted octanol–water partition coefficient (Wildman–Crippen LogP) is 21.0. The van der Waals surface area contributed by atoms with Crippen LogP contribution in [0.1, 0.15) is 244 Å². The smallest absolute Gasteiger partial charge is 0.178 e. The van der Waals surface area contributed by atoms with Gasteiger partial charge in [-0.05, 0) is 273 Å². The van der Waals surface area contributed by atoms with Crippen molar-refractivity contribution in [1.82, 2.24) is 39.1 Å². The molecular weight excluding hydrogens is 1450 g/mol. The molecule has 8 fully saturated rings. The van der Waals surface area contributed by atoms with Crippen LogP contribution in [-0.2, 0) is 63.6 Å². The van der Waals surface area contributed by atoms with Crippen molar-refractivity contribution < 1.29 is 55.5 Å². The Hall–Kier alpha value is -7.92. The highest BCUT2D eigenvalue weighted by atomic mass is 19.1. The summed E-state index contributed by atoms with van der Waals surface area (Å²) in [5.74, 6) is -3.13. The van der Waals surface area contributed by atoms with Crippen molar-refractivity contribution in [2.45, 2.75) is 296 Å². The zero-order valence-corrected chi connectivity index (χ0v) is 68.4. The van der Waals surface area contributed by atoms with Gasteiger partial charge in [0.25, 0.3) is 0 Å². The standard InChI is InChI=1S/3C24H29FN2O2.C22H25FN2O2/c3*1-4-21-22(5-2)29-24(28-21)12-6-7-17-13-20-16(14-23(17,24)3)15-26-27(20)19-10-8-18(25)9-11-19;1-14-15(2)27-22(26-14)10-4-5-17-11-20-16(12-21(17,22)3)13-24-25(20)19-8-6-18(23)7-9-19/h3*8-11,13,15,21-22H,4-7,12,14H2,1-3H3;6-9,11,13-15H,4-5,10,12H2,1-3H3/t21-,22+,23?,24?;21-,22-,23+;;14-,15-,21-/m.1.0/s1. The fourth-order valence-electron chi connectivity index (χ4n) is 21.6. The topological polar surface area (TPSA) is 145 Å². The van der Waals surface area contributed by atoms with Gasteiger partial charge in [0, 0.05) is 47.3 Å². The summed E-state index contributed by atoms with van der Waals surface area (Å²) < 4.78 is 114. The molecule has 4 aromatic carbocycles. The predicted molar refractivity (Wildman–Crippen MR) is 432 cm³/mol. The van der Waals surface area contributed by atoms with E-state index in [2.05, 4.69) is 128 Å². The zero-order chi connectivity index (χ0) is 79.5. The molecule has 4 aliphatic heterocycles. The lowest BCUT2D eigenvalue weighted by Gasteiger charge is -2.51. The number of hydrogen-bond donors (Lipinski definition) is 0. The third-order valence-corrected chi connectivity index (χ3v) is 28.4. The number of aromatic nitrogens is 8. The van der Waals surface area contributed by atoms with Crippen molar-refractivity contribution in [1.29, 1.82) is 0 Å². The molecule has 8 aromatic rings. The van der Waals surface area contributed by atoms with Crippen LogP contribution in [0.4, 0.5) is 17.6 Å². The van der Waals surface area contributed by atoms with E-state index in [1.807, 2.05) is 43.5 Å². The summed E-state index contributed by atoms with van der Waals surface area (Å²) >= 11 is 0. The molecule has 13 atom stereocenters. The van der Waals surface area contributed by atoms with Gasteiger partial charge in [-0.15, -0.1) is 0 Å². The maximum Gasteiger partial charge on any atom is 0.178 e. The van der Waals surface area contributed by atoms with Gasteiger partial charge in [-0.3, -0.25) is 0 Å². The van der Waals surface area contributed by atoms with Gasteiger partial charge in [-0.2, -0.15) is 20.4 Å². The normalized spacial score (nSPS) is 32.1. The molecule has 12 aliphatic rings. The first-order valence-corrected chi connectivity index (χ1v) is 42.5. The lowest BCUT2D eigenvalue weighted by atomic mass is 9.62. The van der Waals surface area contributed by atoms with Crippen molar-refractivity contribution in [2.75, 3.05) is 0 Å². The number of fused-ring (bicyclic) bond motifs is 12. The Bertz CT molecular complexity index is 4580. The minimum absolute atomic E-state index is 0.101. The van der Waals surface area contributed by atoms with E-state index in [1.165, 1.54) is 93.1 Å². The summed E-state index contributed by atoms with van der Waals surface area (Å²) in [6.45, 7) is 26.5. The molecule has 0 radical (unpaired) electrons. The number of rotatable bonds is 10. The Morgan fingerprint density at radius 1 is 0.307 bits per heavy atom. The molecule has 4 saturated heterocycles. The van der Waals surface area contributed by atoms with E-state index in [0.29, 0.717) is 0 Å². The minimum atomic E-state index is -0.550. The maximum absolute atomic E-state index is 13.4. The van der Waals surface area contributed by atoms with E-state index in [9.17, 15) is 17.6 Å². The molecule has 8 heterocycles.